The maximum Gasteiger partial charge on any atom is 0.250 e. The second kappa shape index (κ2) is 3.64. The molecule has 70 valence electrons. The molecular formula is C8H8ClNO3. The summed E-state index contributed by atoms with van der Waals surface area (Å²) in [6.45, 7) is 0. The van der Waals surface area contributed by atoms with Crippen LogP contribution in [0.15, 0.2) is 18.2 Å². The molecule has 5 heteroatoms. The molecule has 0 saturated heterocycles. The van der Waals surface area contributed by atoms with Gasteiger partial charge in [0.15, 0.2) is 6.10 Å². The van der Waals surface area contributed by atoms with Crippen molar-refractivity contribution in [1.82, 2.24) is 0 Å². The molecule has 0 heterocycles. The molecule has 4 nitrogen and oxygen atoms in total. The SMILES string of the molecule is NC(=O)C(O)c1cccc(O)c1Cl. The summed E-state index contributed by atoms with van der Waals surface area (Å²) in [5.41, 5.74) is 4.96. The van der Waals surface area contributed by atoms with Crippen molar-refractivity contribution in [2.45, 2.75) is 6.10 Å². The fraction of sp³-hybridized carbons (Fsp3) is 0.125. The first kappa shape index (κ1) is 9.83. The lowest BCUT2D eigenvalue weighted by atomic mass is 10.1. The minimum Gasteiger partial charge on any atom is -0.506 e. The van der Waals surface area contributed by atoms with Gasteiger partial charge in [-0.25, -0.2) is 0 Å². The topological polar surface area (TPSA) is 83.6 Å². The lowest BCUT2D eigenvalue weighted by molar-refractivity contribution is -0.126. The van der Waals surface area contributed by atoms with E-state index in [-0.39, 0.29) is 16.3 Å². The van der Waals surface area contributed by atoms with Crippen LogP contribution < -0.4 is 5.73 Å². The number of aliphatic hydroxyl groups excluding tert-OH is 1. The number of halogens is 1. The Balaban J connectivity index is 3.15. The van der Waals surface area contributed by atoms with Gasteiger partial charge in [-0.15, -0.1) is 0 Å². The zero-order chi connectivity index (χ0) is 10.0. The summed E-state index contributed by atoms with van der Waals surface area (Å²) in [7, 11) is 0. The van der Waals surface area contributed by atoms with Crippen LogP contribution in [0.1, 0.15) is 11.7 Å². The predicted octanol–water partition coefficient (Wildman–Crippen LogP) is 0.564. The van der Waals surface area contributed by atoms with Gasteiger partial charge in [0.1, 0.15) is 5.75 Å². The minimum atomic E-state index is -1.49. The Bertz CT molecular complexity index is 340. The smallest absolute Gasteiger partial charge is 0.250 e. The van der Waals surface area contributed by atoms with Crippen molar-refractivity contribution in [2.24, 2.45) is 5.73 Å². The number of carbonyl (C=O) groups is 1. The largest absolute Gasteiger partial charge is 0.506 e. The number of nitrogens with two attached hydrogens (primary N) is 1. The molecule has 1 aromatic carbocycles. The molecule has 0 aliphatic carbocycles. The summed E-state index contributed by atoms with van der Waals surface area (Å²) in [4.78, 5) is 10.6. The maximum absolute atomic E-state index is 10.6. The van der Waals surface area contributed by atoms with Gasteiger partial charge in [-0.2, -0.15) is 0 Å². The van der Waals surface area contributed by atoms with E-state index in [1.54, 1.807) is 0 Å². The van der Waals surface area contributed by atoms with Crippen LogP contribution in [0.5, 0.6) is 5.75 Å². The molecule has 1 atom stereocenters. The van der Waals surface area contributed by atoms with Gasteiger partial charge in [0, 0.05) is 5.56 Å². The molecule has 1 rings (SSSR count). The number of hydrogen-bond donors (Lipinski definition) is 3. The Kier molecular flexibility index (Phi) is 2.75. The van der Waals surface area contributed by atoms with Gasteiger partial charge in [-0.3, -0.25) is 4.79 Å². The molecule has 0 fully saturated rings. The lowest BCUT2D eigenvalue weighted by Gasteiger charge is -2.09. The minimum absolute atomic E-state index is 0.0613. The van der Waals surface area contributed by atoms with Crippen LogP contribution in [0.3, 0.4) is 0 Å². The number of primary amides is 1. The standard InChI is InChI=1S/C8H8ClNO3/c9-6-4(7(12)8(10)13)2-1-3-5(6)11/h1-3,7,11-12H,(H2,10,13). The molecule has 0 saturated carbocycles. The first-order chi connectivity index (χ1) is 6.04. The summed E-state index contributed by atoms with van der Waals surface area (Å²) in [6.07, 6.45) is -1.49. The van der Waals surface area contributed by atoms with E-state index < -0.39 is 12.0 Å². The van der Waals surface area contributed by atoms with E-state index >= 15 is 0 Å². The molecular weight excluding hydrogens is 194 g/mol. The Morgan fingerprint density at radius 1 is 1.54 bits per heavy atom. The normalized spacial score (nSPS) is 12.5. The van der Waals surface area contributed by atoms with Gasteiger partial charge in [-0.1, -0.05) is 23.7 Å². The van der Waals surface area contributed by atoms with Crippen LogP contribution in [-0.4, -0.2) is 16.1 Å². The number of aliphatic hydroxyl groups is 1. The summed E-state index contributed by atoms with van der Waals surface area (Å²) in [5.74, 6) is -1.10. The van der Waals surface area contributed by atoms with Crippen LogP contribution >= 0.6 is 11.6 Å². The van der Waals surface area contributed by atoms with Crippen molar-refractivity contribution in [3.63, 3.8) is 0 Å². The zero-order valence-electron chi connectivity index (χ0n) is 6.57. The number of aromatic hydroxyl groups is 1. The molecule has 0 aromatic heterocycles. The third-order valence-electron chi connectivity index (χ3n) is 1.57. The Morgan fingerprint density at radius 3 is 2.69 bits per heavy atom. The van der Waals surface area contributed by atoms with Crippen LogP contribution in [0, 0.1) is 0 Å². The number of phenolic OH excluding ortho intramolecular Hbond substituents is 1. The molecule has 1 aromatic rings. The Morgan fingerprint density at radius 2 is 2.15 bits per heavy atom. The molecule has 0 bridgehead atoms. The van der Waals surface area contributed by atoms with E-state index in [0.717, 1.165) is 0 Å². The van der Waals surface area contributed by atoms with Crippen molar-refractivity contribution >= 4 is 17.5 Å². The lowest BCUT2D eigenvalue weighted by Crippen LogP contribution is -2.21. The summed E-state index contributed by atoms with van der Waals surface area (Å²) >= 11 is 5.61. The zero-order valence-corrected chi connectivity index (χ0v) is 7.32. The van der Waals surface area contributed by atoms with Crippen molar-refractivity contribution in [3.8, 4) is 5.75 Å². The quantitative estimate of drug-likeness (QED) is 0.654. The average molecular weight is 202 g/mol. The fourth-order valence-corrected chi connectivity index (χ4v) is 1.13. The number of rotatable bonds is 2. The van der Waals surface area contributed by atoms with Gasteiger partial charge >= 0.3 is 0 Å². The first-order valence-electron chi connectivity index (χ1n) is 3.48. The van der Waals surface area contributed by atoms with Crippen LogP contribution in [0.4, 0.5) is 0 Å². The third-order valence-corrected chi connectivity index (χ3v) is 1.98. The van der Waals surface area contributed by atoms with E-state index in [1.165, 1.54) is 18.2 Å². The van der Waals surface area contributed by atoms with E-state index in [9.17, 15) is 9.90 Å². The van der Waals surface area contributed by atoms with Crippen molar-refractivity contribution in [1.29, 1.82) is 0 Å². The van der Waals surface area contributed by atoms with Gasteiger partial charge in [-0.05, 0) is 6.07 Å². The molecule has 1 unspecified atom stereocenters. The highest BCUT2D eigenvalue weighted by Gasteiger charge is 2.18. The highest BCUT2D eigenvalue weighted by molar-refractivity contribution is 6.33. The monoisotopic (exact) mass is 201 g/mol. The summed E-state index contributed by atoms with van der Waals surface area (Å²) in [6, 6.07) is 4.22. The Labute approximate surface area is 79.6 Å². The highest BCUT2D eigenvalue weighted by Crippen LogP contribution is 2.30. The number of phenols is 1. The van der Waals surface area contributed by atoms with Crippen LogP contribution in [-0.2, 0) is 4.79 Å². The molecule has 0 radical (unpaired) electrons. The molecule has 0 aliphatic heterocycles. The van der Waals surface area contributed by atoms with Crippen LogP contribution in [0.25, 0.3) is 0 Å². The average Bonchev–Trinajstić information content (AvgIpc) is 2.08. The summed E-state index contributed by atoms with van der Waals surface area (Å²) < 4.78 is 0. The molecule has 0 aliphatic rings. The van der Waals surface area contributed by atoms with Crippen molar-refractivity contribution < 1.29 is 15.0 Å². The van der Waals surface area contributed by atoms with E-state index in [1.807, 2.05) is 0 Å². The molecule has 13 heavy (non-hydrogen) atoms. The number of hydrogen-bond acceptors (Lipinski definition) is 3. The first-order valence-corrected chi connectivity index (χ1v) is 3.86. The van der Waals surface area contributed by atoms with Gasteiger partial charge < -0.3 is 15.9 Å². The van der Waals surface area contributed by atoms with Gasteiger partial charge in [0.2, 0.25) is 0 Å². The Hall–Kier alpha value is -1.26. The number of benzene rings is 1. The van der Waals surface area contributed by atoms with Crippen molar-refractivity contribution in [2.75, 3.05) is 0 Å². The second-order valence-corrected chi connectivity index (χ2v) is 2.86. The molecule has 4 N–H and O–H groups in total. The molecule has 0 spiro atoms. The molecule has 1 amide bonds. The van der Waals surface area contributed by atoms with E-state index in [0.29, 0.717) is 0 Å². The van der Waals surface area contributed by atoms with E-state index in [2.05, 4.69) is 0 Å². The number of carbonyl (C=O) groups excluding carboxylic acids is 1. The van der Waals surface area contributed by atoms with Crippen LogP contribution in [0.2, 0.25) is 5.02 Å². The number of amides is 1. The predicted molar refractivity (Wildman–Crippen MR) is 47.3 cm³/mol. The maximum atomic E-state index is 10.6. The summed E-state index contributed by atoms with van der Waals surface area (Å²) in [5, 5.41) is 18.3. The fourth-order valence-electron chi connectivity index (χ4n) is 0.902. The highest BCUT2D eigenvalue weighted by atomic mass is 35.5. The van der Waals surface area contributed by atoms with E-state index in [4.69, 9.17) is 22.4 Å². The van der Waals surface area contributed by atoms with Gasteiger partial charge in [0.05, 0.1) is 5.02 Å². The second-order valence-electron chi connectivity index (χ2n) is 2.49. The van der Waals surface area contributed by atoms with Crippen molar-refractivity contribution in [3.05, 3.63) is 28.8 Å². The van der Waals surface area contributed by atoms with Gasteiger partial charge in [0.25, 0.3) is 5.91 Å². The third kappa shape index (κ3) is 1.91.